The number of hydrogen-bond donors (Lipinski definition) is 2. The second-order valence-corrected chi connectivity index (χ2v) is 7.13. The highest BCUT2D eigenvalue weighted by Crippen LogP contribution is 2.41. The smallest absolute Gasteiger partial charge is 0.302 e. The van der Waals surface area contributed by atoms with Crippen molar-refractivity contribution in [2.24, 2.45) is 0 Å². The van der Waals surface area contributed by atoms with Crippen molar-refractivity contribution in [1.29, 1.82) is 0 Å². The Kier molecular flexibility index (Phi) is 4.51. The van der Waals surface area contributed by atoms with Crippen molar-refractivity contribution in [3.8, 4) is 5.75 Å². The largest absolute Gasteiger partial charge is 0.507 e. The summed E-state index contributed by atoms with van der Waals surface area (Å²) in [5, 5.41) is 11.0. The standard InChI is InChI=1S/C23H16FN3O5/c1-31-14-7-4-12(5-8-14)20(28)18-19(17-3-2-10-32-17)27(22(30)21(18)29)23-25-15-9-6-13(24)11-16(15)26-23/h2-11,19,28H,1H3,(H,25,26)/b20-18+. The highest BCUT2D eigenvalue weighted by molar-refractivity contribution is 6.51. The Bertz CT molecular complexity index is 1370. The van der Waals surface area contributed by atoms with Crippen molar-refractivity contribution in [2.45, 2.75) is 6.04 Å². The molecule has 1 aliphatic rings. The topological polar surface area (TPSA) is 109 Å². The van der Waals surface area contributed by atoms with E-state index in [1.165, 1.54) is 31.6 Å². The molecule has 0 saturated carbocycles. The fraction of sp³-hybridized carbons (Fsp3) is 0.0870. The average molecular weight is 433 g/mol. The number of aliphatic hydroxyl groups excluding tert-OH is 1. The van der Waals surface area contributed by atoms with Crippen LogP contribution >= 0.6 is 0 Å². The Morgan fingerprint density at radius 2 is 1.97 bits per heavy atom. The van der Waals surface area contributed by atoms with Gasteiger partial charge in [0, 0.05) is 5.56 Å². The third-order valence-electron chi connectivity index (χ3n) is 5.28. The number of aromatic amines is 1. The maximum absolute atomic E-state index is 13.6. The van der Waals surface area contributed by atoms with Crippen LogP contribution in [-0.4, -0.2) is 33.9 Å². The number of methoxy groups -OCH3 is 1. The number of nitrogens with one attached hydrogen (secondary N) is 1. The van der Waals surface area contributed by atoms with Gasteiger partial charge in [0.1, 0.15) is 29.1 Å². The number of rotatable bonds is 4. The first kappa shape index (κ1) is 19.6. The number of halogens is 1. The molecule has 9 heteroatoms. The van der Waals surface area contributed by atoms with E-state index in [-0.39, 0.29) is 23.0 Å². The van der Waals surface area contributed by atoms with Gasteiger partial charge < -0.3 is 19.2 Å². The van der Waals surface area contributed by atoms with Crippen molar-refractivity contribution in [3.63, 3.8) is 0 Å². The van der Waals surface area contributed by atoms with Crippen LogP contribution in [0.25, 0.3) is 16.8 Å². The molecular formula is C23H16FN3O5. The summed E-state index contributed by atoms with van der Waals surface area (Å²) in [7, 11) is 1.51. The van der Waals surface area contributed by atoms with Crippen molar-refractivity contribution >= 4 is 34.4 Å². The fourth-order valence-corrected chi connectivity index (χ4v) is 3.75. The molecule has 1 fully saturated rings. The zero-order valence-corrected chi connectivity index (χ0v) is 16.7. The van der Waals surface area contributed by atoms with Crippen LogP contribution in [0.4, 0.5) is 10.3 Å². The maximum atomic E-state index is 13.6. The third kappa shape index (κ3) is 3.02. The Morgan fingerprint density at radius 3 is 2.66 bits per heavy atom. The van der Waals surface area contributed by atoms with Gasteiger partial charge in [-0.15, -0.1) is 0 Å². The monoisotopic (exact) mass is 433 g/mol. The van der Waals surface area contributed by atoms with Gasteiger partial charge in [0.05, 0.1) is 30.0 Å². The van der Waals surface area contributed by atoms with Gasteiger partial charge in [-0.2, -0.15) is 0 Å². The normalized spacial score (nSPS) is 17.9. The number of benzene rings is 2. The Balaban J connectivity index is 1.68. The molecule has 2 aromatic carbocycles. The van der Waals surface area contributed by atoms with Crippen molar-refractivity contribution in [2.75, 3.05) is 12.0 Å². The van der Waals surface area contributed by atoms with Gasteiger partial charge in [-0.05, 0) is 54.6 Å². The zero-order chi connectivity index (χ0) is 22.4. The molecule has 3 heterocycles. The Hall–Kier alpha value is -4.40. The fourth-order valence-electron chi connectivity index (χ4n) is 3.75. The van der Waals surface area contributed by atoms with E-state index < -0.39 is 23.5 Å². The molecule has 160 valence electrons. The number of ketones is 1. The molecule has 8 nitrogen and oxygen atoms in total. The number of aromatic nitrogens is 2. The number of amides is 1. The number of H-pyrrole nitrogens is 1. The summed E-state index contributed by atoms with van der Waals surface area (Å²) in [4.78, 5) is 34.4. The van der Waals surface area contributed by atoms with Crippen LogP contribution in [0, 0.1) is 5.82 Å². The second-order valence-electron chi connectivity index (χ2n) is 7.13. The molecule has 4 aromatic rings. The predicted molar refractivity (Wildman–Crippen MR) is 113 cm³/mol. The lowest BCUT2D eigenvalue weighted by atomic mass is 9.99. The summed E-state index contributed by atoms with van der Waals surface area (Å²) in [5.41, 5.74) is 0.945. The van der Waals surface area contributed by atoms with E-state index in [4.69, 9.17) is 9.15 Å². The number of furan rings is 1. The predicted octanol–water partition coefficient (Wildman–Crippen LogP) is 3.93. The van der Waals surface area contributed by atoms with Crippen LogP contribution < -0.4 is 9.64 Å². The van der Waals surface area contributed by atoms with Gasteiger partial charge in [0.2, 0.25) is 5.95 Å². The molecule has 2 aromatic heterocycles. The highest BCUT2D eigenvalue weighted by atomic mass is 19.1. The number of ether oxygens (including phenoxy) is 1. The lowest BCUT2D eigenvalue weighted by Crippen LogP contribution is -2.30. The van der Waals surface area contributed by atoms with Crippen LogP contribution in [0.3, 0.4) is 0 Å². The zero-order valence-electron chi connectivity index (χ0n) is 16.7. The lowest BCUT2D eigenvalue weighted by Gasteiger charge is -2.20. The molecule has 1 aliphatic heterocycles. The van der Waals surface area contributed by atoms with Crippen LogP contribution in [0.2, 0.25) is 0 Å². The van der Waals surface area contributed by atoms with Crippen LogP contribution in [0.5, 0.6) is 5.75 Å². The maximum Gasteiger partial charge on any atom is 0.302 e. The number of nitrogens with zero attached hydrogens (tertiary/aromatic N) is 2. The second kappa shape index (κ2) is 7.38. The molecular weight excluding hydrogens is 417 g/mol. The number of carbonyl (C=O) groups excluding carboxylic acids is 2. The molecule has 1 amide bonds. The van der Waals surface area contributed by atoms with Gasteiger partial charge in [0.15, 0.2) is 0 Å². The quantitative estimate of drug-likeness (QED) is 0.287. The van der Waals surface area contributed by atoms with E-state index >= 15 is 0 Å². The van der Waals surface area contributed by atoms with Crippen LogP contribution in [-0.2, 0) is 9.59 Å². The SMILES string of the molecule is COc1ccc(/C(O)=C2\C(=O)C(=O)N(c3nc4ccc(F)cc4[nH]3)C2c2ccco2)cc1. The van der Waals surface area contributed by atoms with Gasteiger partial charge in [-0.3, -0.25) is 14.5 Å². The highest BCUT2D eigenvalue weighted by Gasteiger charge is 2.49. The van der Waals surface area contributed by atoms with Gasteiger partial charge >= 0.3 is 5.91 Å². The minimum atomic E-state index is -1.07. The van der Waals surface area contributed by atoms with Crippen LogP contribution in [0.1, 0.15) is 17.4 Å². The molecule has 0 spiro atoms. The van der Waals surface area contributed by atoms with E-state index in [9.17, 15) is 19.1 Å². The molecule has 1 atom stereocenters. The first-order valence-corrected chi connectivity index (χ1v) is 9.62. The summed E-state index contributed by atoms with van der Waals surface area (Å²) >= 11 is 0. The molecule has 1 unspecified atom stereocenters. The minimum Gasteiger partial charge on any atom is -0.507 e. The third-order valence-corrected chi connectivity index (χ3v) is 5.28. The van der Waals surface area contributed by atoms with Gasteiger partial charge in [0.25, 0.3) is 5.78 Å². The molecule has 0 bridgehead atoms. The average Bonchev–Trinajstić information content (AvgIpc) is 3.52. The first-order valence-electron chi connectivity index (χ1n) is 9.62. The summed E-state index contributed by atoms with van der Waals surface area (Å²) < 4.78 is 24.2. The molecule has 32 heavy (non-hydrogen) atoms. The summed E-state index contributed by atoms with van der Waals surface area (Å²) in [6.07, 6.45) is 1.40. The van der Waals surface area contributed by atoms with E-state index in [0.717, 1.165) is 4.90 Å². The minimum absolute atomic E-state index is 0.0304. The number of fused-ring (bicyclic) bond motifs is 1. The van der Waals surface area contributed by atoms with E-state index in [1.54, 1.807) is 36.4 Å². The van der Waals surface area contributed by atoms with Gasteiger partial charge in [-0.25, -0.2) is 9.37 Å². The number of imidazole rings is 1. The molecule has 0 aliphatic carbocycles. The number of aliphatic hydroxyl groups is 1. The summed E-state index contributed by atoms with van der Waals surface area (Å²) in [6, 6.07) is 12.5. The van der Waals surface area contributed by atoms with Crippen LogP contribution in [0.15, 0.2) is 70.9 Å². The number of carbonyl (C=O) groups is 2. The lowest BCUT2D eigenvalue weighted by molar-refractivity contribution is -0.132. The Morgan fingerprint density at radius 1 is 1.19 bits per heavy atom. The molecule has 5 rings (SSSR count). The number of anilines is 1. The Labute approximate surface area is 180 Å². The first-order chi connectivity index (χ1) is 15.5. The summed E-state index contributed by atoms with van der Waals surface area (Å²) in [5.74, 6) is -1.78. The van der Waals surface area contributed by atoms with E-state index in [1.807, 2.05) is 0 Å². The molecule has 0 radical (unpaired) electrons. The van der Waals surface area contributed by atoms with Gasteiger partial charge in [-0.1, -0.05) is 0 Å². The number of Topliss-reactive ketones (excluding diaryl/α,β-unsaturated/α-hetero) is 1. The van der Waals surface area contributed by atoms with Crippen molar-refractivity contribution in [3.05, 3.63) is 83.6 Å². The summed E-state index contributed by atoms with van der Waals surface area (Å²) in [6.45, 7) is 0. The van der Waals surface area contributed by atoms with Crippen molar-refractivity contribution in [1.82, 2.24) is 9.97 Å². The van der Waals surface area contributed by atoms with E-state index in [2.05, 4.69) is 9.97 Å². The molecule has 2 N–H and O–H groups in total. The molecule has 1 saturated heterocycles. The van der Waals surface area contributed by atoms with E-state index in [0.29, 0.717) is 22.3 Å². The van der Waals surface area contributed by atoms with Crippen molar-refractivity contribution < 1.29 is 28.2 Å². The number of hydrogen-bond acceptors (Lipinski definition) is 6.